The highest BCUT2D eigenvalue weighted by Crippen LogP contribution is 2.42. The van der Waals surface area contributed by atoms with Crippen molar-refractivity contribution in [3.05, 3.63) is 89.2 Å². The van der Waals surface area contributed by atoms with E-state index in [0.29, 0.717) is 37.7 Å². The van der Waals surface area contributed by atoms with Gasteiger partial charge >= 0.3 is 0 Å². The number of hydrogen-bond acceptors (Lipinski definition) is 11. The van der Waals surface area contributed by atoms with E-state index in [1.54, 1.807) is 26.4 Å². The summed E-state index contributed by atoms with van der Waals surface area (Å²) in [5.74, 6) is 2.21. The molecule has 3 heterocycles. The summed E-state index contributed by atoms with van der Waals surface area (Å²) in [5.41, 5.74) is 2.20. The van der Waals surface area contributed by atoms with Gasteiger partial charge in [-0.2, -0.15) is 5.21 Å². The van der Waals surface area contributed by atoms with Crippen LogP contribution in [0.5, 0.6) is 11.5 Å². The summed E-state index contributed by atoms with van der Waals surface area (Å²) in [5, 5.41) is 18.6. The van der Waals surface area contributed by atoms with Crippen molar-refractivity contribution in [1.29, 1.82) is 0 Å². The van der Waals surface area contributed by atoms with Crippen LogP contribution in [0.4, 0.5) is 5.69 Å². The Hall–Kier alpha value is -4.04. The van der Waals surface area contributed by atoms with E-state index in [2.05, 4.69) is 49.9 Å². The van der Waals surface area contributed by atoms with Gasteiger partial charge in [-0.25, -0.2) is 8.42 Å². The molecule has 3 aromatic carbocycles. The third kappa shape index (κ3) is 8.12. The van der Waals surface area contributed by atoms with Crippen LogP contribution >= 0.6 is 0 Å². The zero-order chi connectivity index (χ0) is 35.1. The molecule has 268 valence electrons. The number of piperidine rings is 1. The Bertz CT molecular complexity index is 1770. The Morgan fingerprint density at radius 3 is 2.56 bits per heavy atom. The molecule has 0 aliphatic carbocycles. The highest BCUT2D eigenvalue weighted by atomic mass is 32.2. The van der Waals surface area contributed by atoms with Crippen LogP contribution in [0, 0.1) is 6.92 Å². The molecule has 1 fully saturated rings. The third-order valence-corrected chi connectivity index (χ3v) is 11.7. The van der Waals surface area contributed by atoms with Crippen molar-refractivity contribution in [3.8, 4) is 11.5 Å². The van der Waals surface area contributed by atoms with E-state index in [0.717, 1.165) is 60.5 Å². The van der Waals surface area contributed by atoms with Gasteiger partial charge < -0.3 is 29.2 Å². The van der Waals surface area contributed by atoms with Crippen molar-refractivity contribution < 1.29 is 27.4 Å². The molecule has 0 spiro atoms. The summed E-state index contributed by atoms with van der Waals surface area (Å²) in [6.07, 6.45) is 2.79. The summed E-state index contributed by atoms with van der Waals surface area (Å²) < 4.78 is 53.0. The molecule has 13 heteroatoms. The summed E-state index contributed by atoms with van der Waals surface area (Å²) in [7, 11) is -0.653. The smallest absolute Gasteiger partial charge is 0.209 e. The summed E-state index contributed by atoms with van der Waals surface area (Å²) >= 11 is 0. The molecular weight excluding hydrogens is 657 g/mol. The topological polar surface area (TPSA) is 141 Å². The van der Waals surface area contributed by atoms with Crippen molar-refractivity contribution in [3.63, 3.8) is 0 Å². The fraction of sp³-hybridized carbons (Fsp3) is 0.486. The monoisotopic (exact) mass is 704 g/mol. The van der Waals surface area contributed by atoms with E-state index in [-0.39, 0.29) is 22.8 Å². The fourth-order valence-electron chi connectivity index (χ4n) is 7.04. The average molecular weight is 705 g/mol. The van der Waals surface area contributed by atoms with Gasteiger partial charge in [0, 0.05) is 44.7 Å². The number of aryl methyl sites for hydroxylation is 1. The van der Waals surface area contributed by atoms with E-state index >= 15 is 0 Å². The van der Waals surface area contributed by atoms with E-state index in [1.807, 2.05) is 49.4 Å². The van der Waals surface area contributed by atoms with Gasteiger partial charge in [0.1, 0.15) is 18.1 Å². The second-order valence-electron chi connectivity index (χ2n) is 13.1. The molecular formula is C37H48N6O6S. The van der Waals surface area contributed by atoms with Crippen LogP contribution in [0.15, 0.2) is 71.6 Å². The van der Waals surface area contributed by atoms with Crippen LogP contribution in [0.3, 0.4) is 0 Å². The molecule has 2 N–H and O–H groups in total. The standard InChI is InChI=1S/C37H48N6O6S/c1-5-26(36-39-41-42-40-36)21-29-23-32(27-9-12-30(47-4)13-10-27)35(24-38-29)49-37(50(44,45)31-14-7-25(2)8-15-31)28-11-16-34-33(22-28)43(18-20-48-34)17-6-19-46-3/h7-16,22,26,29,32,35,37-38H,5-6,17-21,23-24H2,1-4H3,(H,39,40,41,42)/t26-,29-,32+,35-,37?/m0/s1. The molecule has 1 aromatic heterocycles. The minimum atomic E-state index is -3.99. The van der Waals surface area contributed by atoms with Crippen molar-refractivity contribution in [2.75, 3.05) is 52.0 Å². The molecule has 0 saturated carbocycles. The van der Waals surface area contributed by atoms with Crippen LogP contribution in [0.25, 0.3) is 0 Å². The lowest BCUT2D eigenvalue weighted by atomic mass is 9.81. The highest BCUT2D eigenvalue weighted by molar-refractivity contribution is 7.91. The van der Waals surface area contributed by atoms with Crippen LogP contribution < -0.4 is 19.7 Å². The highest BCUT2D eigenvalue weighted by Gasteiger charge is 2.40. The average Bonchev–Trinajstić information content (AvgIpc) is 3.68. The fourth-order valence-corrected chi connectivity index (χ4v) is 8.60. The van der Waals surface area contributed by atoms with Gasteiger partial charge in [-0.05, 0) is 80.1 Å². The predicted octanol–water partition coefficient (Wildman–Crippen LogP) is 5.34. The predicted molar refractivity (Wildman–Crippen MR) is 191 cm³/mol. The first-order chi connectivity index (χ1) is 24.3. The normalized spacial score (nSPS) is 20.5. The molecule has 50 heavy (non-hydrogen) atoms. The third-order valence-electron chi connectivity index (χ3n) is 9.85. The largest absolute Gasteiger partial charge is 0.497 e. The summed E-state index contributed by atoms with van der Waals surface area (Å²) in [4.78, 5) is 2.45. The number of aromatic nitrogens is 4. The summed E-state index contributed by atoms with van der Waals surface area (Å²) in [6, 6.07) is 20.7. The molecule has 0 amide bonds. The number of hydrogen-bond donors (Lipinski definition) is 2. The lowest BCUT2D eigenvalue weighted by molar-refractivity contribution is -0.00719. The molecule has 2 aliphatic heterocycles. The molecule has 1 unspecified atom stereocenters. The Kier molecular flexibility index (Phi) is 11.7. The van der Waals surface area contributed by atoms with Crippen molar-refractivity contribution in [2.45, 2.75) is 73.8 Å². The first-order valence-electron chi connectivity index (χ1n) is 17.4. The second-order valence-corrected chi connectivity index (χ2v) is 15.1. The van der Waals surface area contributed by atoms with Crippen LogP contribution in [0.2, 0.25) is 0 Å². The maximum atomic E-state index is 14.6. The molecule has 6 rings (SSSR count). The number of methoxy groups -OCH3 is 2. The number of sulfone groups is 1. The van der Waals surface area contributed by atoms with E-state index in [9.17, 15) is 8.42 Å². The van der Waals surface area contributed by atoms with E-state index in [1.165, 1.54) is 0 Å². The van der Waals surface area contributed by atoms with Crippen LogP contribution in [-0.2, 0) is 19.3 Å². The zero-order valence-corrected chi connectivity index (χ0v) is 30.1. The number of nitrogens with zero attached hydrogens (tertiary/aromatic N) is 4. The van der Waals surface area contributed by atoms with E-state index < -0.39 is 21.4 Å². The van der Waals surface area contributed by atoms with Gasteiger partial charge in [-0.3, -0.25) is 0 Å². The maximum Gasteiger partial charge on any atom is 0.209 e. The number of aromatic amines is 1. The molecule has 5 atom stereocenters. The van der Waals surface area contributed by atoms with Crippen LogP contribution in [-0.4, -0.2) is 88.3 Å². The second kappa shape index (κ2) is 16.3. The number of H-pyrrole nitrogens is 1. The summed E-state index contributed by atoms with van der Waals surface area (Å²) in [6.45, 7) is 7.19. The molecule has 12 nitrogen and oxygen atoms in total. The number of anilines is 1. The Labute approximate surface area is 294 Å². The van der Waals surface area contributed by atoms with Crippen molar-refractivity contribution >= 4 is 15.5 Å². The molecule has 4 aromatic rings. The first-order valence-corrected chi connectivity index (χ1v) is 18.9. The van der Waals surface area contributed by atoms with Gasteiger partial charge in [0.25, 0.3) is 0 Å². The van der Waals surface area contributed by atoms with E-state index in [4.69, 9.17) is 18.9 Å². The number of rotatable bonds is 15. The Morgan fingerprint density at radius 1 is 1.06 bits per heavy atom. The van der Waals surface area contributed by atoms with Gasteiger partial charge in [-0.15, -0.1) is 10.2 Å². The number of benzene rings is 3. The Morgan fingerprint density at radius 2 is 1.86 bits per heavy atom. The molecule has 0 bridgehead atoms. The number of fused-ring (bicyclic) bond motifs is 1. The van der Waals surface area contributed by atoms with Gasteiger partial charge in [0.2, 0.25) is 9.84 Å². The molecule has 0 radical (unpaired) electrons. The number of nitrogens with one attached hydrogen (secondary N) is 2. The minimum absolute atomic E-state index is 0.0999. The quantitative estimate of drug-likeness (QED) is 0.155. The number of ether oxygens (including phenoxy) is 4. The maximum absolute atomic E-state index is 14.6. The lowest BCUT2D eigenvalue weighted by Crippen LogP contribution is -2.48. The van der Waals surface area contributed by atoms with Gasteiger partial charge in [0.05, 0.1) is 30.3 Å². The molecule has 1 saturated heterocycles. The van der Waals surface area contributed by atoms with Crippen LogP contribution in [0.1, 0.15) is 72.4 Å². The lowest BCUT2D eigenvalue weighted by Gasteiger charge is -2.40. The Balaban J connectivity index is 1.35. The van der Waals surface area contributed by atoms with Gasteiger partial charge in [-0.1, -0.05) is 48.0 Å². The molecule has 2 aliphatic rings. The number of tetrazole rings is 1. The van der Waals surface area contributed by atoms with Gasteiger partial charge in [0.15, 0.2) is 11.3 Å². The first kappa shape index (κ1) is 35.8. The SMILES string of the molecule is CC[C@@H](C[C@H]1C[C@H](c2ccc(OC)cc2)[C@@H](OC(c2ccc3c(c2)N(CCCOC)CCO3)S(=O)(=O)c2ccc(C)cc2)CN1)c1nn[nH]n1. The zero-order valence-electron chi connectivity index (χ0n) is 29.2. The van der Waals surface area contributed by atoms with Crippen molar-refractivity contribution in [2.24, 2.45) is 0 Å². The van der Waals surface area contributed by atoms with Crippen molar-refractivity contribution in [1.82, 2.24) is 25.9 Å². The minimum Gasteiger partial charge on any atom is -0.497 e.